The topological polar surface area (TPSA) is 63.2 Å². The second-order valence-electron chi connectivity index (χ2n) is 3.65. The number of benzene rings is 1. The zero-order valence-corrected chi connectivity index (χ0v) is 10.5. The number of anilines is 1. The van der Waals surface area contributed by atoms with Gasteiger partial charge in [0.15, 0.2) is 9.84 Å². The molecular weight excluding hydrogens is 246 g/mol. The molecule has 1 aliphatic heterocycles. The maximum Gasteiger partial charge on any atom is 0.237 e. The number of sulfone groups is 1. The molecule has 0 fully saturated rings. The van der Waals surface area contributed by atoms with Crippen LogP contribution < -0.4 is 5.32 Å². The number of hydrogen-bond acceptors (Lipinski definition) is 4. The summed E-state index contributed by atoms with van der Waals surface area (Å²) in [4.78, 5) is 12.5. The summed E-state index contributed by atoms with van der Waals surface area (Å²) in [5.74, 6) is -0.159. The molecule has 0 saturated heterocycles. The lowest BCUT2D eigenvalue weighted by molar-refractivity contribution is -0.115. The van der Waals surface area contributed by atoms with Crippen molar-refractivity contribution in [3.8, 4) is 0 Å². The van der Waals surface area contributed by atoms with Crippen molar-refractivity contribution in [2.24, 2.45) is 0 Å². The molecule has 0 aromatic heterocycles. The molecule has 1 aromatic rings. The van der Waals surface area contributed by atoms with Crippen LogP contribution in [0.3, 0.4) is 0 Å². The Balaban J connectivity index is 2.62. The van der Waals surface area contributed by atoms with Gasteiger partial charge in [-0.15, -0.1) is 11.8 Å². The standard InChI is InChI=1S/C10H11NO3S2/c1-6-10(12)11-9-7(15-6)4-3-5-8(9)16(2,13)14/h3-6H,1-2H3,(H,11,12). The van der Waals surface area contributed by atoms with Gasteiger partial charge in [0.1, 0.15) is 0 Å². The first-order valence-corrected chi connectivity index (χ1v) is 7.47. The van der Waals surface area contributed by atoms with Gasteiger partial charge < -0.3 is 5.32 Å². The SMILES string of the molecule is CC1Sc2cccc(S(C)(=O)=O)c2NC1=O. The Hall–Kier alpha value is -1.01. The van der Waals surface area contributed by atoms with Gasteiger partial charge in [0.2, 0.25) is 5.91 Å². The molecule has 86 valence electrons. The number of fused-ring (bicyclic) bond motifs is 1. The highest BCUT2D eigenvalue weighted by Gasteiger charge is 2.27. The normalized spacial score (nSPS) is 20.1. The minimum Gasteiger partial charge on any atom is -0.323 e. The quantitative estimate of drug-likeness (QED) is 0.828. The number of carbonyl (C=O) groups excluding carboxylic acids is 1. The predicted octanol–water partition coefficient (Wildman–Crippen LogP) is 1.52. The van der Waals surface area contributed by atoms with Gasteiger partial charge in [0.05, 0.1) is 15.8 Å². The number of hydrogen-bond donors (Lipinski definition) is 1. The number of nitrogens with one attached hydrogen (secondary N) is 1. The summed E-state index contributed by atoms with van der Waals surface area (Å²) in [6, 6.07) is 5.00. The molecule has 0 aliphatic carbocycles. The fourth-order valence-corrected chi connectivity index (χ4v) is 3.42. The lowest BCUT2D eigenvalue weighted by Gasteiger charge is -2.22. The largest absolute Gasteiger partial charge is 0.323 e. The maximum absolute atomic E-state index is 11.5. The van der Waals surface area contributed by atoms with Crippen molar-refractivity contribution in [2.75, 3.05) is 11.6 Å². The minimum absolute atomic E-state index is 0.159. The summed E-state index contributed by atoms with van der Waals surface area (Å²) in [5.41, 5.74) is 0.415. The maximum atomic E-state index is 11.5. The van der Waals surface area contributed by atoms with E-state index in [0.29, 0.717) is 5.69 Å². The summed E-state index contributed by atoms with van der Waals surface area (Å²) >= 11 is 1.37. The predicted molar refractivity (Wildman–Crippen MR) is 63.5 cm³/mol. The van der Waals surface area contributed by atoms with Gasteiger partial charge in [-0.3, -0.25) is 4.79 Å². The molecule has 0 saturated carbocycles. The Bertz CT molecular complexity index is 551. The van der Waals surface area contributed by atoms with Crippen LogP contribution in [0.2, 0.25) is 0 Å². The van der Waals surface area contributed by atoms with Crippen molar-refractivity contribution in [1.29, 1.82) is 0 Å². The molecule has 16 heavy (non-hydrogen) atoms. The highest BCUT2D eigenvalue weighted by atomic mass is 32.2. The van der Waals surface area contributed by atoms with Crippen LogP contribution in [0.4, 0.5) is 5.69 Å². The van der Waals surface area contributed by atoms with Crippen molar-refractivity contribution < 1.29 is 13.2 Å². The second kappa shape index (κ2) is 3.78. The van der Waals surface area contributed by atoms with Gasteiger partial charge in [0.25, 0.3) is 0 Å². The summed E-state index contributed by atoms with van der Waals surface area (Å²) in [7, 11) is -3.31. The monoisotopic (exact) mass is 257 g/mol. The first-order chi connectivity index (χ1) is 7.39. The first kappa shape index (κ1) is 11.5. The molecule has 1 amide bonds. The highest BCUT2D eigenvalue weighted by Crippen LogP contribution is 2.39. The van der Waals surface area contributed by atoms with Crippen LogP contribution in [0, 0.1) is 0 Å². The molecule has 1 N–H and O–H groups in total. The highest BCUT2D eigenvalue weighted by molar-refractivity contribution is 8.01. The molecule has 1 unspecified atom stereocenters. The van der Waals surface area contributed by atoms with E-state index < -0.39 is 9.84 Å². The number of rotatable bonds is 1. The average Bonchev–Trinajstić information content (AvgIpc) is 2.17. The molecule has 1 heterocycles. The molecule has 4 nitrogen and oxygen atoms in total. The van der Waals surface area contributed by atoms with E-state index in [0.717, 1.165) is 11.2 Å². The van der Waals surface area contributed by atoms with Crippen LogP contribution >= 0.6 is 11.8 Å². The molecule has 1 aromatic carbocycles. The zero-order valence-electron chi connectivity index (χ0n) is 8.85. The summed E-state index contributed by atoms with van der Waals surface area (Å²) in [5, 5.41) is 2.45. The first-order valence-electron chi connectivity index (χ1n) is 4.70. The molecule has 0 bridgehead atoms. The zero-order chi connectivity index (χ0) is 11.9. The lowest BCUT2D eigenvalue weighted by Crippen LogP contribution is -2.27. The average molecular weight is 257 g/mol. The summed E-state index contributed by atoms with van der Waals surface area (Å²) in [6.45, 7) is 1.79. The van der Waals surface area contributed by atoms with E-state index in [2.05, 4.69) is 5.32 Å². The molecule has 0 radical (unpaired) electrons. The van der Waals surface area contributed by atoms with Crippen molar-refractivity contribution in [1.82, 2.24) is 0 Å². The van der Waals surface area contributed by atoms with E-state index in [1.807, 2.05) is 6.07 Å². The van der Waals surface area contributed by atoms with Crippen molar-refractivity contribution >= 4 is 33.2 Å². The molecule has 1 aliphatic rings. The Morgan fingerprint density at radius 2 is 2.06 bits per heavy atom. The Kier molecular flexibility index (Phi) is 2.71. The molecule has 2 rings (SSSR count). The summed E-state index contributed by atoms with van der Waals surface area (Å²) in [6.07, 6.45) is 1.14. The van der Waals surface area contributed by atoms with E-state index in [9.17, 15) is 13.2 Å². The van der Waals surface area contributed by atoms with E-state index in [1.165, 1.54) is 17.8 Å². The third-order valence-electron chi connectivity index (χ3n) is 2.31. The summed E-state index contributed by atoms with van der Waals surface area (Å²) < 4.78 is 23.1. The lowest BCUT2D eigenvalue weighted by atomic mass is 10.3. The number of thioether (sulfide) groups is 1. The molecular formula is C10H11NO3S2. The van der Waals surface area contributed by atoms with Crippen LogP contribution in [0.5, 0.6) is 0 Å². The van der Waals surface area contributed by atoms with E-state index in [1.54, 1.807) is 13.0 Å². The minimum atomic E-state index is -3.31. The Labute approximate surface area is 98.3 Å². The number of carbonyl (C=O) groups is 1. The van der Waals surface area contributed by atoms with Crippen LogP contribution in [-0.2, 0) is 14.6 Å². The Morgan fingerprint density at radius 3 is 2.69 bits per heavy atom. The van der Waals surface area contributed by atoms with Gasteiger partial charge in [-0.25, -0.2) is 8.42 Å². The molecule has 6 heteroatoms. The molecule has 0 spiro atoms. The molecule has 1 atom stereocenters. The Morgan fingerprint density at radius 1 is 1.38 bits per heavy atom. The smallest absolute Gasteiger partial charge is 0.237 e. The van der Waals surface area contributed by atoms with Gasteiger partial charge >= 0.3 is 0 Å². The number of para-hydroxylation sites is 1. The second-order valence-corrected chi connectivity index (χ2v) is 7.02. The van der Waals surface area contributed by atoms with Crippen LogP contribution in [0.25, 0.3) is 0 Å². The van der Waals surface area contributed by atoms with Crippen LogP contribution in [-0.4, -0.2) is 25.8 Å². The van der Waals surface area contributed by atoms with Gasteiger partial charge in [-0.1, -0.05) is 6.07 Å². The van der Waals surface area contributed by atoms with Gasteiger partial charge in [-0.05, 0) is 19.1 Å². The third kappa shape index (κ3) is 1.94. The van der Waals surface area contributed by atoms with E-state index >= 15 is 0 Å². The number of amides is 1. The van der Waals surface area contributed by atoms with Crippen molar-refractivity contribution in [2.45, 2.75) is 22.0 Å². The van der Waals surface area contributed by atoms with Crippen molar-refractivity contribution in [3.63, 3.8) is 0 Å². The van der Waals surface area contributed by atoms with Crippen LogP contribution in [0.15, 0.2) is 28.0 Å². The fourth-order valence-electron chi connectivity index (χ4n) is 1.51. The van der Waals surface area contributed by atoms with Gasteiger partial charge in [0, 0.05) is 11.2 Å². The van der Waals surface area contributed by atoms with Crippen LogP contribution in [0.1, 0.15) is 6.92 Å². The van der Waals surface area contributed by atoms with Crippen molar-refractivity contribution in [3.05, 3.63) is 18.2 Å². The van der Waals surface area contributed by atoms with Gasteiger partial charge in [-0.2, -0.15) is 0 Å². The van der Waals surface area contributed by atoms with E-state index in [-0.39, 0.29) is 16.1 Å². The fraction of sp³-hybridized carbons (Fsp3) is 0.300. The van der Waals surface area contributed by atoms with E-state index in [4.69, 9.17) is 0 Å². The third-order valence-corrected chi connectivity index (χ3v) is 4.61.